The summed E-state index contributed by atoms with van der Waals surface area (Å²) in [6.07, 6.45) is 0.783. The van der Waals surface area contributed by atoms with Crippen molar-refractivity contribution < 1.29 is 9.53 Å². The minimum absolute atomic E-state index is 0.301. The molecule has 0 bridgehead atoms. The molecule has 0 radical (unpaired) electrons. The van der Waals surface area contributed by atoms with E-state index in [0.29, 0.717) is 26.9 Å². The summed E-state index contributed by atoms with van der Waals surface area (Å²) in [6.45, 7) is 2.18. The summed E-state index contributed by atoms with van der Waals surface area (Å²) < 4.78 is 9.00. The van der Waals surface area contributed by atoms with Crippen molar-refractivity contribution in [3.8, 4) is 5.75 Å². The summed E-state index contributed by atoms with van der Waals surface area (Å²) in [5.74, 6) is 2.19. The van der Waals surface area contributed by atoms with Gasteiger partial charge in [-0.2, -0.15) is 0 Å². The number of benzene rings is 1. The molecule has 7 heteroatoms. The highest BCUT2D eigenvalue weighted by atomic mass is 79.9. The SMILES string of the molecule is Cc1nnc(COc2c(Br)cc(C=O)cc2Br)n1C. The molecule has 0 amide bonds. The molecule has 2 rings (SSSR count). The van der Waals surface area contributed by atoms with Crippen molar-refractivity contribution in [2.45, 2.75) is 13.5 Å². The number of hydrogen-bond acceptors (Lipinski definition) is 4. The molecular formula is C12H11Br2N3O2. The fourth-order valence-electron chi connectivity index (χ4n) is 1.50. The highest BCUT2D eigenvalue weighted by Crippen LogP contribution is 2.34. The molecular weight excluding hydrogens is 378 g/mol. The molecule has 5 nitrogen and oxygen atoms in total. The van der Waals surface area contributed by atoms with Crippen LogP contribution in [-0.2, 0) is 13.7 Å². The van der Waals surface area contributed by atoms with Crippen LogP contribution in [0.15, 0.2) is 21.1 Å². The Hall–Kier alpha value is -1.21. The quantitative estimate of drug-likeness (QED) is 0.755. The molecule has 19 heavy (non-hydrogen) atoms. The Bertz CT molecular complexity index is 602. The van der Waals surface area contributed by atoms with Gasteiger partial charge < -0.3 is 9.30 Å². The first-order chi connectivity index (χ1) is 9.02. The zero-order chi connectivity index (χ0) is 14.0. The van der Waals surface area contributed by atoms with Crippen LogP contribution in [0.2, 0.25) is 0 Å². The minimum Gasteiger partial charge on any atom is -0.483 e. The van der Waals surface area contributed by atoms with Crippen LogP contribution in [0, 0.1) is 6.92 Å². The van der Waals surface area contributed by atoms with Gasteiger partial charge in [-0.3, -0.25) is 4.79 Å². The van der Waals surface area contributed by atoms with Crippen molar-refractivity contribution in [3.05, 3.63) is 38.3 Å². The number of nitrogens with zero attached hydrogens (tertiary/aromatic N) is 3. The zero-order valence-electron chi connectivity index (χ0n) is 10.4. The van der Waals surface area contributed by atoms with Crippen LogP contribution in [-0.4, -0.2) is 21.1 Å². The highest BCUT2D eigenvalue weighted by Gasteiger charge is 2.11. The van der Waals surface area contributed by atoms with Gasteiger partial charge in [0, 0.05) is 12.6 Å². The lowest BCUT2D eigenvalue weighted by atomic mass is 10.2. The first kappa shape index (κ1) is 14.2. The standard InChI is InChI=1S/C12H11Br2N3O2/c1-7-15-16-11(17(7)2)6-19-12-9(13)3-8(5-18)4-10(12)14/h3-5H,6H2,1-2H3. The number of aromatic nitrogens is 3. The summed E-state index contributed by atoms with van der Waals surface area (Å²) in [5, 5.41) is 7.99. The molecule has 0 aliphatic rings. The second-order valence-electron chi connectivity index (χ2n) is 3.94. The molecule has 0 saturated heterocycles. The average molecular weight is 389 g/mol. The summed E-state index contributed by atoms with van der Waals surface area (Å²) in [7, 11) is 1.88. The van der Waals surface area contributed by atoms with Crippen LogP contribution in [0.3, 0.4) is 0 Å². The summed E-state index contributed by atoms with van der Waals surface area (Å²) in [5.41, 5.74) is 0.570. The Balaban J connectivity index is 2.20. The van der Waals surface area contributed by atoms with Gasteiger partial charge in [0.05, 0.1) is 8.95 Å². The second-order valence-corrected chi connectivity index (χ2v) is 5.65. The van der Waals surface area contributed by atoms with E-state index in [1.165, 1.54) is 0 Å². The van der Waals surface area contributed by atoms with Gasteiger partial charge in [-0.1, -0.05) is 0 Å². The lowest BCUT2D eigenvalue weighted by Crippen LogP contribution is -2.05. The van der Waals surface area contributed by atoms with Gasteiger partial charge in [0.25, 0.3) is 0 Å². The molecule has 0 atom stereocenters. The van der Waals surface area contributed by atoms with E-state index in [1.807, 2.05) is 18.5 Å². The Kier molecular flexibility index (Phi) is 4.36. The van der Waals surface area contributed by atoms with Gasteiger partial charge in [0.2, 0.25) is 0 Å². The van der Waals surface area contributed by atoms with Crippen LogP contribution < -0.4 is 4.74 Å². The molecule has 2 aromatic rings. The molecule has 0 saturated carbocycles. The molecule has 0 aliphatic heterocycles. The highest BCUT2D eigenvalue weighted by molar-refractivity contribution is 9.11. The van der Waals surface area contributed by atoms with Crippen molar-refractivity contribution in [2.75, 3.05) is 0 Å². The number of carbonyl (C=O) groups is 1. The molecule has 100 valence electrons. The van der Waals surface area contributed by atoms with Crippen molar-refractivity contribution in [1.29, 1.82) is 0 Å². The number of halogens is 2. The zero-order valence-corrected chi connectivity index (χ0v) is 13.5. The van der Waals surface area contributed by atoms with Gasteiger partial charge in [0.1, 0.15) is 24.5 Å². The van der Waals surface area contributed by atoms with Crippen LogP contribution in [0.25, 0.3) is 0 Å². The molecule has 0 aliphatic carbocycles. The number of aldehydes is 1. The number of ether oxygens (including phenoxy) is 1. The average Bonchev–Trinajstić information content (AvgIpc) is 2.69. The number of hydrogen-bond donors (Lipinski definition) is 0. The van der Waals surface area contributed by atoms with E-state index in [-0.39, 0.29) is 0 Å². The predicted octanol–water partition coefficient (Wildman–Crippen LogP) is 3.04. The third-order valence-electron chi connectivity index (χ3n) is 2.69. The normalized spacial score (nSPS) is 10.5. The van der Waals surface area contributed by atoms with E-state index in [0.717, 1.165) is 17.9 Å². The minimum atomic E-state index is 0.301. The Labute approximate surface area is 127 Å². The summed E-state index contributed by atoms with van der Waals surface area (Å²) in [4.78, 5) is 10.7. The monoisotopic (exact) mass is 387 g/mol. The van der Waals surface area contributed by atoms with E-state index in [4.69, 9.17) is 4.74 Å². The van der Waals surface area contributed by atoms with Crippen molar-refractivity contribution in [3.63, 3.8) is 0 Å². The van der Waals surface area contributed by atoms with Crippen molar-refractivity contribution in [1.82, 2.24) is 14.8 Å². The molecule has 0 spiro atoms. The topological polar surface area (TPSA) is 57.0 Å². The summed E-state index contributed by atoms with van der Waals surface area (Å²) >= 11 is 6.76. The Morgan fingerprint density at radius 3 is 2.42 bits per heavy atom. The lowest BCUT2D eigenvalue weighted by molar-refractivity contribution is 0.112. The maximum absolute atomic E-state index is 10.7. The fraction of sp³-hybridized carbons (Fsp3) is 0.250. The third kappa shape index (κ3) is 3.03. The first-order valence-corrected chi connectivity index (χ1v) is 7.03. The van der Waals surface area contributed by atoms with E-state index in [2.05, 4.69) is 42.1 Å². The van der Waals surface area contributed by atoms with Gasteiger partial charge >= 0.3 is 0 Å². The van der Waals surface area contributed by atoms with E-state index in [1.54, 1.807) is 12.1 Å². The van der Waals surface area contributed by atoms with Crippen LogP contribution in [0.4, 0.5) is 0 Å². The van der Waals surface area contributed by atoms with Gasteiger partial charge in [-0.05, 0) is 50.9 Å². The smallest absolute Gasteiger partial charge is 0.170 e. The molecule has 1 aromatic heterocycles. The van der Waals surface area contributed by atoms with Crippen molar-refractivity contribution in [2.24, 2.45) is 7.05 Å². The van der Waals surface area contributed by atoms with E-state index < -0.39 is 0 Å². The summed E-state index contributed by atoms with van der Waals surface area (Å²) in [6, 6.07) is 3.41. The van der Waals surface area contributed by atoms with Gasteiger partial charge in [0.15, 0.2) is 5.82 Å². The van der Waals surface area contributed by atoms with Crippen molar-refractivity contribution >= 4 is 38.1 Å². The Morgan fingerprint density at radius 2 is 1.95 bits per heavy atom. The number of aryl methyl sites for hydroxylation is 1. The van der Waals surface area contributed by atoms with Crippen LogP contribution in [0.1, 0.15) is 22.0 Å². The van der Waals surface area contributed by atoms with E-state index >= 15 is 0 Å². The third-order valence-corrected chi connectivity index (χ3v) is 3.86. The lowest BCUT2D eigenvalue weighted by Gasteiger charge is -2.10. The van der Waals surface area contributed by atoms with Crippen LogP contribution >= 0.6 is 31.9 Å². The van der Waals surface area contributed by atoms with Gasteiger partial charge in [-0.25, -0.2) is 0 Å². The molecule has 0 N–H and O–H groups in total. The molecule has 1 heterocycles. The molecule has 1 aromatic carbocycles. The number of rotatable bonds is 4. The maximum Gasteiger partial charge on any atom is 0.170 e. The number of carbonyl (C=O) groups excluding carboxylic acids is 1. The predicted molar refractivity (Wildman–Crippen MR) is 77.3 cm³/mol. The molecule has 0 unspecified atom stereocenters. The van der Waals surface area contributed by atoms with Crippen LogP contribution in [0.5, 0.6) is 5.75 Å². The largest absolute Gasteiger partial charge is 0.483 e. The Morgan fingerprint density at radius 1 is 1.32 bits per heavy atom. The first-order valence-electron chi connectivity index (χ1n) is 5.45. The van der Waals surface area contributed by atoms with E-state index in [9.17, 15) is 4.79 Å². The maximum atomic E-state index is 10.7. The molecule has 0 fully saturated rings. The van der Waals surface area contributed by atoms with Gasteiger partial charge in [-0.15, -0.1) is 10.2 Å². The second kappa shape index (κ2) is 5.83. The fourth-order valence-corrected chi connectivity index (χ4v) is 2.95.